The molecule has 1 aromatic heterocycles. The largest absolute Gasteiger partial charge is 0.491 e. The fraction of sp³-hybridized carbons (Fsp3) is 0.467. The predicted molar refractivity (Wildman–Crippen MR) is 87.3 cm³/mol. The number of aliphatic hydroxyl groups is 1. The lowest BCUT2D eigenvalue weighted by atomic mass is 9.87. The van der Waals surface area contributed by atoms with Gasteiger partial charge in [0, 0.05) is 5.75 Å². The van der Waals surface area contributed by atoms with E-state index < -0.39 is 6.10 Å². The van der Waals surface area contributed by atoms with Gasteiger partial charge in [0.05, 0.1) is 6.10 Å². The molecule has 0 unspecified atom stereocenters. The molecule has 21 heavy (non-hydrogen) atoms. The Bertz CT molecular complexity index is 536. The number of thioether (sulfide) groups is 1. The van der Waals surface area contributed by atoms with Crippen molar-refractivity contribution in [3.05, 3.63) is 35.3 Å². The van der Waals surface area contributed by atoms with Gasteiger partial charge >= 0.3 is 0 Å². The molecule has 1 heterocycles. The lowest BCUT2D eigenvalue weighted by Gasteiger charge is -2.19. The first kappa shape index (κ1) is 16.3. The minimum atomic E-state index is -0.527. The summed E-state index contributed by atoms with van der Waals surface area (Å²) in [6.07, 6.45) is -0.527. The van der Waals surface area contributed by atoms with Crippen LogP contribution in [0.1, 0.15) is 26.3 Å². The maximum Gasteiger partial charge on any atom is 0.174 e. The molecule has 1 atom stereocenters. The Labute approximate surface area is 133 Å². The van der Waals surface area contributed by atoms with E-state index in [9.17, 15) is 5.11 Å². The van der Waals surface area contributed by atoms with E-state index in [1.807, 2.05) is 12.1 Å². The van der Waals surface area contributed by atoms with Crippen molar-refractivity contribution in [2.24, 2.45) is 0 Å². The number of nitrogens with zero attached hydrogens (tertiary/aromatic N) is 2. The first-order valence-corrected chi connectivity index (χ1v) is 8.62. The molecule has 0 bridgehead atoms. The molecule has 0 saturated carbocycles. The predicted octanol–water partition coefficient (Wildman–Crippen LogP) is 3.37. The van der Waals surface area contributed by atoms with Gasteiger partial charge < -0.3 is 9.84 Å². The Kier molecular flexibility index (Phi) is 5.61. The van der Waals surface area contributed by atoms with Crippen molar-refractivity contribution < 1.29 is 9.84 Å². The number of rotatable bonds is 6. The summed E-state index contributed by atoms with van der Waals surface area (Å²) < 4.78 is 6.47. The van der Waals surface area contributed by atoms with Crippen molar-refractivity contribution in [1.82, 2.24) is 10.2 Å². The van der Waals surface area contributed by atoms with Crippen molar-refractivity contribution >= 4 is 23.1 Å². The molecule has 2 rings (SSSR count). The molecule has 1 N–H and O–H groups in total. The molecule has 0 fully saturated rings. The third-order valence-corrected chi connectivity index (χ3v) is 4.91. The van der Waals surface area contributed by atoms with Gasteiger partial charge in [0.2, 0.25) is 0 Å². The van der Waals surface area contributed by atoms with Crippen LogP contribution in [0.4, 0.5) is 0 Å². The minimum Gasteiger partial charge on any atom is -0.491 e. The number of ether oxygens (including phenoxy) is 1. The normalized spacial score (nSPS) is 13.1. The number of benzene rings is 1. The van der Waals surface area contributed by atoms with E-state index in [1.54, 1.807) is 5.51 Å². The zero-order valence-electron chi connectivity index (χ0n) is 12.4. The van der Waals surface area contributed by atoms with E-state index in [-0.39, 0.29) is 12.0 Å². The van der Waals surface area contributed by atoms with Crippen LogP contribution in [0.25, 0.3) is 0 Å². The molecule has 1 aromatic carbocycles. The molecular weight excluding hydrogens is 304 g/mol. The van der Waals surface area contributed by atoms with E-state index in [1.165, 1.54) is 28.7 Å². The molecule has 114 valence electrons. The highest BCUT2D eigenvalue weighted by atomic mass is 32.2. The SMILES string of the molecule is CC(C)(C)c1ccc(OC[C@H](O)CSc2nncs2)cc1. The van der Waals surface area contributed by atoms with E-state index in [0.29, 0.717) is 5.75 Å². The highest BCUT2D eigenvalue weighted by Gasteiger charge is 2.13. The van der Waals surface area contributed by atoms with Gasteiger partial charge in [-0.25, -0.2) is 0 Å². The topological polar surface area (TPSA) is 55.2 Å². The Morgan fingerprint density at radius 1 is 1.29 bits per heavy atom. The van der Waals surface area contributed by atoms with Crippen molar-refractivity contribution in [2.45, 2.75) is 36.6 Å². The lowest BCUT2D eigenvalue weighted by Crippen LogP contribution is -2.20. The molecule has 0 aliphatic heterocycles. The van der Waals surface area contributed by atoms with Gasteiger partial charge in [0.25, 0.3) is 0 Å². The summed E-state index contributed by atoms with van der Waals surface area (Å²) in [5, 5.41) is 17.6. The van der Waals surface area contributed by atoms with E-state index in [4.69, 9.17) is 4.74 Å². The molecule has 0 aliphatic rings. The second-order valence-corrected chi connectivity index (χ2v) is 7.86. The van der Waals surface area contributed by atoms with Crippen LogP contribution in [-0.2, 0) is 5.41 Å². The van der Waals surface area contributed by atoms with Crippen LogP contribution in [0.5, 0.6) is 5.75 Å². The molecule has 0 radical (unpaired) electrons. The molecule has 6 heteroatoms. The van der Waals surface area contributed by atoms with Gasteiger partial charge in [0.1, 0.15) is 17.9 Å². The number of hydrogen-bond acceptors (Lipinski definition) is 6. The van der Waals surface area contributed by atoms with Gasteiger partial charge in [-0.1, -0.05) is 56.0 Å². The zero-order valence-corrected chi connectivity index (χ0v) is 14.1. The third kappa shape index (κ3) is 5.30. The highest BCUT2D eigenvalue weighted by Crippen LogP contribution is 2.24. The molecule has 0 amide bonds. The van der Waals surface area contributed by atoms with Crippen LogP contribution in [-0.4, -0.2) is 33.8 Å². The van der Waals surface area contributed by atoms with E-state index in [2.05, 4.69) is 43.1 Å². The average molecular weight is 324 g/mol. The molecule has 0 spiro atoms. The Morgan fingerprint density at radius 3 is 2.57 bits per heavy atom. The van der Waals surface area contributed by atoms with Gasteiger partial charge in [-0.3, -0.25) is 0 Å². The van der Waals surface area contributed by atoms with Crippen molar-refractivity contribution in [3.8, 4) is 5.75 Å². The monoisotopic (exact) mass is 324 g/mol. The zero-order chi connectivity index (χ0) is 15.3. The number of aliphatic hydroxyl groups excluding tert-OH is 1. The number of hydrogen-bond donors (Lipinski definition) is 1. The third-order valence-electron chi connectivity index (χ3n) is 2.90. The van der Waals surface area contributed by atoms with Crippen LogP contribution < -0.4 is 4.74 Å². The van der Waals surface area contributed by atoms with Crippen molar-refractivity contribution in [3.63, 3.8) is 0 Å². The first-order valence-electron chi connectivity index (χ1n) is 6.75. The van der Waals surface area contributed by atoms with Gasteiger partial charge in [-0.2, -0.15) is 0 Å². The lowest BCUT2D eigenvalue weighted by molar-refractivity contribution is 0.126. The maximum absolute atomic E-state index is 9.90. The fourth-order valence-corrected chi connectivity index (χ4v) is 3.11. The van der Waals surface area contributed by atoms with Gasteiger partial charge in [-0.05, 0) is 23.1 Å². The van der Waals surface area contributed by atoms with E-state index >= 15 is 0 Å². The minimum absolute atomic E-state index is 0.135. The Morgan fingerprint density at radius 2 is 2.00 bits per heavy atom. The van der Waals surface area contributed by atoms with Crippen LogP contribution in [0.3, 0.4) is 0 Å². The van der Waals surface area contributed by atoms with Crippen molar-refractivity contribution in [1.29, 1.82) is 0 Å². The Balaban J connectivity index is 1.77. The molecule has 2 aromatic rings. The fourth-order valence-electron chi connectivity index (χ4n) is 1.68. The summed E-state index contributed by atoms with van der Waals surface area (Å²) in [4.78, 5) is 0. The quantitative estimate of drug-likeness (QED) is 0.826. The summed E-state index contributed by atoms with van der Waals surface area (Å²) in [6.45, 7) is 6.81. The molecule has 0 saturated heterocycles. The second-order valence-electron chi connectivity index (χ2n) is 5.75. The summed E-state index contributed by atoms with van der Waals surface area (Å²) in [5.74, 6) is 1.33. The van der Waals surface area contributed by atoms with Crippen molar-refractivity contribution in [2.75, 3.05) is 12.4 Å². The standard InChI is InChI=1S/C15H20N2O2S2/c1-15(2,3)11-4-6-13(7-5-11)19-8-12(18)9-20-14-17-16-10-21-14/h4-7,10,12,18H,8-9H2,1-3H3/t12-/m0/s1. The van der Waals surface area contributed by atoms with Gasteiger partial charge in [-0.15, -0.1) is 10.2 Å². The summed E-state index contributed by atoms with van der Waals surface area (Å²) >= 11 is 2.96. The van der Waals surface area contributed by atoms with Gasteiger partial charge in [0.15, 0.2) is 4.34 Å². The van der Waals surface area contributed by atoms with Crippen LogP contribution in [0.15, 0.2) is 34.1 Å². The molecular formula is C15H20N2O2S2. The van der Waals surface area contributed by atoms with Crippen LogP contribution in [0, 0.1) is 0 Å². The van der Waals surface area contributed by atoms with E-state index in [0.717, 1.165) is 10.1 Å². The Hall–Kier alpha value is -1.11. The smallest absolute Gasteiger partial charge is 0.174 e. The average Bonchev–Trinajstić information content (AvgIpc) is 2.95. The number of aromatic nitrogens is 2. The molecule has 0 aliphatic carbocycles. The van der Waals surface area contributed by atoms with Crippen LogP contribution in [0.2, 0.25) is 0 Å². The summed E-state index contributed by atoms with van der Waals surface area (Å²) in [6, 6.07) is 8.03. The molecule has 4 nitrogen and oxygen atoms in total. The second kappa shape index (κ2) is 7.24. The van der Waals surface area contributed by atoms with Crippen LogP contribution >= 0.6 is 23.1 Å². The maximum atomic E-state index is 9.90. The first-order chi connectivity index (χ1) is 9.95. The summed E-state index contributed by atoms with van der Waals surface area (Å²) in [5.41, 5.74) is 3.08. The summed E-state index contributed by atoms with van der Waals surface area (Å²) in [7, 11) is 0. The highest BCUT2D eigenvalue weighted by molar-refractivity contribution is 8.01.